The fourth-order valence-electron chi connectivity index (χ4n) is 3.99. The van der Waals surface area contributed by atoms with Crippen molar-refractivity contribution in [1.82, 2.24) is 5.32 Å². The Kier molecular flexibility index (Phi) is 7.07. The van der Waals surface area contributed by atoms with Crippen molar-refractivity contribution in [3.63, 3.8) is 0 Å². The summed E-state index contributed by atoms with van der Waals surface area (Å²) in [5, 5.41) is 3.44. The lowest BCUT2D eigenvalue weighted by Crippen LogP contribution is -2.34. The Hall–Kier alpha value is -0.0200. The highest BCUT2D eigenvalue weighted by atomic mass is 32.2. The third kappa shape index (κ3) is 5.77. The fourth-order valence-corrected chi connectivity index (χ4v) is 4.71. The Labute approximate surface area is 129 Å². The first kappa shape index (κ1) is 18.0. The maximum absolute atomic E-state index is 10.8. The van der Waals surface area contributed by atoms with E-state index < -0.39 is 0 Å². The van der Waals surface area contributed by atoms with Crippen LogP contribution in [-0.4, -0.2) is 23.5 Å². The van der Waals surface area contributed by atoms with Gasteiger partial charge in [-0.3, -0.25) is 4.79 Å². The molecule has 0 aliphatic heterocycles. The molecule has 0 radical (unpaired) electrons. The third-order valence-corrected chi connectivity index (χ3v) is 5.85. The summed E-state index contributed by atoms with van der Waals surface area (Å²) >= 11 is 1.45. The highest BCUT2D eigenvalue weighted by Crippen LogP contribution is 2.45. The first-order valence-electron chi connectivity index (χ1n) is 8.09. The van der Waals surface area contributed by atoms with Crippen molar-refractivity contribution in [3.8, 4) is 0 Å². The van der Waals surface area contributed by atoms with Gasteiger partial charge in [0.1, 0.15) is 0 Å². The van der Waals surface area contributed by atoms with Crippen LogP contribution < -0.4 is 5.32 Å². The largest absolute Gasteiger partial charge is 0.317 e. The van der Waals surface area contributed by atoms with Crippen LogP contribution in [0.15, 0.2) is 0 Å². The molecule has 1 saturated carbocycles. The van der Waals surface area contributed by atoms with Gasteiger partial charge in [0.2, 0.25) is 0 Å². The van der Waals surface area contributed by atoms with Crippen molar-refractivity contribution in [2.45, 2.75) is 83.4 Å². The number of carbonyl (C=O) groups excluding carboxylic acids is 1. The van der Waals surface area contributed by atoms with Crippen molar-refractivity contribution in [2.75, 3.05) is 7.05 Å². The van der Waals surface area contributed by atoms with Crippen LogP contribution in [0.2, 0.25) is 0 Å². The highest BCUT2D eigenvalue weighted by molar-refractivity contribution is 8.13. The van der Waals surface area contributed by atoms with Gasteiger partial charge < -0.3 is 5.32 Å². The van der Waals surface area contributed by atoms with Crippen molar-refractivity contribution in [3.05, 3.63) is 0 Å². The maximum atomic E-state index is 10.8. The molecule has 0 atom stereocenters. The molecule has 0 amide bonds. The van der Waals surface area contributed by atoms with Gasteiger partial charge >= 0.3 is 0 Å². The maximum Gasteiger partial charge on any atom is 0.176 e. The van der Waals surface area contributed by atoms with E-state index in [4.69, 9.17) is 0 Å². The topological polar surface area (TPSA) is 29.1 Å². The molecule has 2 nitrogen and oxygen atoms in total. The average molecular weight is 300 g/mol. The summed E-state index contributed by atoms with van der Waals surface area (Å²) < 4.78 is 0.0567. The van der Waals surface area contributed by atoms with E-state index in [-0.39, 0.29) is 4.75 Å². The van der Waals surface area contributed by atoms with Gasteiger partial charge in [-0.1, -0.05) is 52.3 Å². The zero-order valence-corrected chi connectivity index (χ0v) is 14.8. The van der Waals surface area contributed by atoms with E-state index in [1.807, 2.05) is 0 Å². The zero-order valence-electron chi connectivity index (χ0n) is 14.0. The molecule has 1 aliphatic rings. The third-order valence-electron chi connectivity index (χ3n) is 4.97. The number of nitrogens with one attached hydrogen (secondary N) is 1. The second-order valence-corrected chi connectivity index (χ2v) is 9.22. The summed E-state index contributed by atoms with van der Waals surface area (Å²) in [5.41, 5.74) is 1.33. The summed E-state index contributed by atoms with van der Waals surface area (Å²) in [5.74, 6) is 0.798. The van der Waals surface area contributed by atoms with E-state index in [0.717, 1.165) is 24.0 Å². The molecule has 1 aliphatic carbocycles. The van der Waals surface area contributed by atoms with Gasteiger partial charge in [-0.2, -0.15) is 0 Å². The van der Waals surface area contributed by atoms with Gasteiger partial charge in [-0.25, -0.2) is 0 Å². The Bertz CT molecular complexity index is 291. The van der Waals surface area contributed by atoms with Crippen LogP contribution in [0.1, 0.15) is 72.6 Å². The molecule has 1 rings (SSSR count). The van der Waals surface area contributed by atoms with Crippen LogP contribution in [0, 0.1) is 11.3 Å². The van der Waals surface area contributed by atoms with Crippen LogP contribution in [0.3, 0.4) is 0 Å². The summed E-state index contributed by atoms with van der Waals surface area (Å²) in [6.45, 7) is 9.21. The van der Waals surface area contributed by atoms with Gasteiger partial charge in [0, 0.05) is 10.8 Å². The van der Waals surface area contributed by atoms with Crippen LogP contribution in [0.5, 0.6) is 0 Å². The van der Waals surface area contributed by atoms with Crippen molar-refractivity contribution >= 4 is 17.4 Å². The van der Waals surface area contributed by atoms with Crippen molar-refractivity contribution in [2.24, 2.45) is 11.3 Å². The molecule has 0 bridgehead atoms. The Morgan fingerprint density at radius 2 is 1.65 bits per heavy atom. The number of thioether (sulfide) groups is 1. The normalized spacial score (nSPS) is 25.9. The molecular formula is C17H33NOS. The Morgan fingerprint density at radius 1 is 1.10 bits per heavy atom. The molecule has 1 fully saturated rings. The second-order valence-electron chi connectivity index (χ2n) is 7.68. The molecule has 20 heavy (non-hydrogen) atoms. The molecule has 0 aromatic carbocycles. The number of hydrogen-bond acceptors (Lipinski definition) is 3. The summed E-state index contributed by atoms with van der Waals surface area (Å²) in [7, 11) is 2.09. The van der Waals surface area contributed by atoms with E-state index >= 15 is 0 Å². The number of carbonyl (C=O) groups is 1. The number of rotatable bonds is 6. The summed E-state index contributed by atoms with van der Waals surface area (Å²) in [6, 6.07) is 0.723. The molecule has 0 heterocycles. The van der Waals surface area contributed by atoms with Crippen LogP contribution >= 0.6 is 11.8 Å². The SMILES string of the molecule is CNC1CCCC(C(C)(C)CC(C)(C)SC=O)CCC1. The lowest BCUT2D eigenvalue weighted by atomic mass is 9.68. The first-order chi connectivity index (χ1) is 9.30. The van der Waals surface area contributed by atoms with E-state index in [2.05, 4.69) is 40.1 Å². The first-order valence-corrected chi connectivity index (χ1v) is 8.97. The molecule has 0 unspecified atom stereocenters. The Balaban J connectivity index is 2.60. The molecule has 1 N–H and O–H groups in total. The van der Waals surface area contributed by atoms with Gasteiger partial charge in [0.25, 0.3) is 0 Å². The van der Waals surface area contributed by atoms with Gasteiger partial charge in [0.05, 0.1) is 0 Å². The predicted molar refractivity (Wildman–Crippen MR) is 90.9 cm³/mol. The minimum atomic E-state index is 0.0567. The molecular weight excluding hydrogens is 266 g/mol. The molecule has 0 saturated heterocycles. The van der Waals surface area contributed by atoms with Gasteiger partial charge in [-0.05, 0) is 50.5 Å². The van der Waals surface area contributed by atoms with E-state index in [1.165, 1.54) is 50.3 Å². The molecule has 0 aromatic rings. The van der Waals surface area contributed by atoms with Crippen molar-refractivity contribution in [1.29, 1.82) is 0 Å². The summed E-state index contributed by atoms with van der Waals surface area (Å²) in [4.78, 5) is 10.8. The minimum Gasteiger partial charge on any atom is -0.317 e. The lowest BCUT2D eigenvalue weighted by molar-refractivity contribution is 0.142. The smallest absolute Gasteiger partial charge is 0.176 e. The monoisotopic (exact) mass is 299 g/mol. The molecule has 3 heteroatoms. The predicted octanol–water partition coefficient (Wildman–Crippen LogP) is 4.66. The zero-order chi connectivity index (χ0) is 15.2. The van der Waals surface area contributed by atoms with Crippen LogP contribution in [-0.2, 0) is 4.79 Å². The fraction of sp³-hybridized carbons (Fsp3) is 0.941. The molecule has 0 spiro atoms. The summed E-state index contributed by atoms with van der Waals surface area (Å²) in [6.07, 6.45) is 9.09. The average Bonchev–Trinajstić information content (AvgIpc) is 2.26. The van der Waals surface area contributed by atoms with Crippen molar-refractivity contribution < 1.29 is 4.79 Å². The quantitative estimate of drug-likeness (QED) is 0.723. The number of hydrogen-bond donors (Lipinski definition) is 1. The minimum absolute atomic E-state index is 0.0567. The van der Waals surface area contributed by atoms with E-state index in [1.54, 1.807) is 0 Å². The molecule has 118 valence electrons. The Morgan fingerprint density at radius 3 is 2.10 bits per heavy atom. The van der Waals surface area contributed by atoms with Crippen LogP contribution in [0.4, 0.5) is 0 Å². The standard InChI is InChI=1S/C17H33NOS/c1-16(2,12-17(3,4)20-13-19)14-8-6-10-15(18-5)11-7-9-14/h13-15,18H,6-12H2,1-5H3. The van der Waals surface area contributed by atoms with E-state index in [0.29, 0.717) is 5.41 Å². The lowest BCUT2D eigenvalue weighted by Gasteiger charge is -2.41. The molecule has 0 aromatic heterocycles. The van der Waals surface area contributed by atoms with Gasteiger partial charge in [0.15, 0.2) is 5.62 Å². The van der Waals surface area contributed by atoms with E-state index in [9.17, 15) is 4.79 Å². The van der Waals surface area contributed by atoms with Gasteiger partial charge in [-0.15, -0.1) is 0 Å². The highest BCUT2D eigenvalue weighted by Gasteiger charge is 2.35. The van der Waals surface area contributed by atoms with Crippen LogP contribution in [0.25, 0.3) is 0 Å². The second kappa shape index (κ2) is 7.84.